The van der Waals surface area contributed by atoms with Crippen molar-refractivity contribution in [2.75, 3.05) is 7.11 Å². The van der Waals surface area contributed by atoms with Crippen LogP contribution in [0.2, 0.25) is 0 Å². The van der Waals surface area contributed by atoms with E-state index < -0.39 is 0 Å². The van der Waals surface area contributed by atoms with Crippen molar-refractivity contribution in [3.63, 3.8) is 0 Å². The topological polar surface area (TPSA) is 57.0 Å². The molecule has 0 fully saturated rings. The third kappa shape index (κ3) is 1.95. The normalized spacial score (nSPS) is 10.6. The SMILES string of the molecule is COC(=O)c1cccc2nn(-c3cccnc3)cc12. The molecule has 94 valence electrons. The van der Waals surface area contributed by atoms with Gasteiger partial charge >= 0.3 is 5.97 Å². The minimum absolute atomic E-state index is 0.365. The smallest absolute Gasteiger partial charge is 0.338 e. The zero-order valence-electron chi connectivity index (χ0n) is 10.3. The molecule has 0 amide bonds. The van der Waals surface area contributed by atoms with Crippen LogP contribution >= 0.6 is 0 Å². The molecule has 5 nitrogen and oxygen atoms in total. The molecule has 1 aromatic carbocycles. The first kappa shape index (κ1) is 11.4. The first-order valence-electron chi connectivity index (χ1n) is 5.77. The van der Waals surface area contributed by atoms with Gasteiger partial charge in [-0.3, -0.25) is 4.98 Å². The Labute approximate surface area is 109 Å². The van der Waals surface area contributed by atoms with E-state index in [-0.39, 0.29) is 5.97 Å². The quantitative estimate of drug-likeness (QED) is 0.657. The van der Waals surface area contributed by atoms with E-state index in [9.17, 15) is 4.79 Å². The Morgan fingerprint density at radius 1 is 1.26 bits per heavy atom. The number of rotatable bonds is 2. The number of methoxy groups -OCH3 is 1. The number of aromatic nitrogens is 3. The predicted octanol–water partition coefficient (Wildman–Crippen LogP) is 2.21. The lowest BCUT2D eigenvalue weighted by atomic mass is 10.1. The van der Waals surface area contributed by atoms with Gasteiger partial charge < -0.3 is 4.74 Å². The molecule has 0 radical (unpaired) electrons. The Kier molecular flexibility index (Phi) is 2.72. The molecule has 0 aliphatic carbocycles. The summed E-state index contributed by atoms with van der Waals surface area (Å²) in [5.74, 6) is -0.365. The minimum Gasteiger partial charge on any atom is -0.465 e. The Balaban J connectivity index is 2.19. The van der Waals surface area contributed by atoms with Gasteiger partial charge in [-0.2, -0.15) is 5.10 Å². The van der Waals surface area contributed by atoms with E-state index in [1.807, 2.05) is 18.2 Å². The third-order valence-corrected chi connectivity index (χ3v) is 2.87. The summed E-state index contributed by atoms with van der Waals surface area (Å²) in [7, 11) is 1.37. The van der Waals surface area contributed by atoms with Gasteiger partial charge in [0, 0.05) is 17.8 Å². The van der Waals surface area contributed by atoms with Crippen LogP contribution in [0.25, 0.3) is 16.6 Å². The molecule has 0 spiro atoms. The summed E-state index contributed by atoms with van der Waals surface area (Å²) in [6.45, 7) is 0. The van der Waals surface area contributed by atoms with E-state index in [2.05, 4.69) is 10.1 Å². The Morgan fingerprint density at radius 3 is 2.89 bits per heavy atom. The van der Waals surface area contributed by atoms with Gasteiger partial charge in [0.2, 0.25) is 0 Å². The molecule has 0 bridgehead atoms. The fourth-order valence-corrected chi connectivity index (χ4v) is 1.95. The second kappa shape index (κ2) is 4.53. The van der Waals surface area contributed by atoms with Crippen LogP contribution in [-0.2, 0) is 4.74 Å². The van der Waals surface area contributed by atoms with E-state index in [0.29, 0.717) is 5.56 Å². The second-order valence-electron chi connectivity index (χ2n) is 4.01. The highest BCUT2D eigenvalue weighted by atomic mass is 16.5. The highest BCUT2D eigenvalue weighted by Gasteiger charge is 2.13. The molecule has 5 heteroatoms. The average Bonchev–Trinajstić information content (AvgIpc) is 2.91. The first-order chi connectivity index (χ1) is 9.29. The van der Waals surface area contributed by atoms with Crippen molar-refractivity contribution in [1.82, 2.24) is 14.8 Å². The summed E-state index contributed by atoms with van der Waals surface area (Å²) in [6, 6.07) is 9.10. The Hall–Kier alpha value is -2.69. The van der Waals surface area contributed by atoms with Crippen LogP contribution in [0.1, 0.15) is 10.4 Å². The van der Waals surface area contributed by atoms with Gasteiger partial charge in [0.15, 0.2) is 0 Å². The van der Waals surface area contributed by atoms with Gasteiger partial charge in [0.1, 0.15) is 0 Å². The van der Waals surface area contributed by atoms with Gasteiger partial charge in [0.05, 0.1) is 30.1 Å². The maximum Gasteiger partial charge on any atom is 0.338 e. The molecule has 2 aromatic heterocycles. The zero-order valence-corrected chi connectivity index (χ0v) is 10.3. The van der Waals surface area contributed by atoms with Gasteiger partial charge in [-0.15, -0.1) is 0 Å². The molecule has 0 unspecified atom stereocenters. The average molecular weight is 253 g/mol. The lowest BCUT2D eigenvalue weighted by Crippen LogP contribution is -2.00. The molecule has 0 aliphatic rings. The monoisotopic (exact) mass is 253 g/mol. The van der Waals surface area contributed by atoms with Crippen LogP contribution in [0.4, 0.5) is 0 Å². The van der Waals surface area contributed by atoms with E-state index in [0.717, 1.165) is 16.6 Å². The molecule has 0 N–H and O–H groups in total. The van der Waals surface area contributed by atoms with Crippen LogP contribution < -0.4 is 0 Å². The van der Waals surface area contributed by atoms with Gasteiger partial charge in [-0.25, -0.2) is 9.48 Å². The third-order valence-electron chi connectivity index (χ3n) is 2.87. The minimum atomic E-state index is -0.365. The number of carbonyl (C=O) groups excluding carboxylic acids is 1. The maximum atomic E-state index is 11.7. The Bertz CT molecular complexity index is 735. The summed E-state index contributed by atoms with van der Waals surface area (Å²) >= 11 is 0. The van der Waals surface area contributed by atoms with Crippen molar-refractivity contribution >= 4 is 16.9 Å². The predicted molar refractivity (Wildman–Crippen MR) is 70.2 cm³/mol. The van der Waals surface area contributed by atoms with Crippen molar-refractivity contribution in [3.8, 4) is 5.69 Å². The summed E-state index contributed by atoms with van der Waals surface area (Å²) < 4.78 is 6.47. The molecular weight excluding hydrogens is 242 g/mol. The highest BCUT2D eigenvalue weighted by molar-refractivity contribution is 6.03. The number of esters is 1. The molecule has 2 heterocycles. The van der Waals surface area contributed by atoms with Crippen molar-refractivity contribution in [1.29, 1.82) is 0 Å². The molecule has 0 saturated carbocycles. The van der Waals surface area contributed by atoms with E-state index in [4.69, 9.17) is 4.74 Å². The number of fused-ring (bicyclic) bond motifs is 1. The van der Waals surface area contributed by atoms with E-state index >= 15 is 0 Å². The van der Waals surface area contributed by atoms with Gasteiger partial charge in [-0.05, 0) is 24.3 Å². The maximum absolute atomic E-state index is 11.7. The molecule has 0 atom stereocenters. The Morgan fingerprint density at radius 2 is 2.16 bits per heavy atom. The van der Waals surface area contributed by atoms with Crippen molar-refractivity contribution in [2.24, 2.45) is 0 Å². The fraction of sp³-hybridized carbons (Fsp3) is 0.0714. The molecular formula is C14H11N3O2. The number of ether oxygens (including phenoxy) is 1. The molecule has 0 saturated heterocycles. The molecule has 3 aromatic rings. The summed E-state index contributed by atoms with van der Waals surface area (Å²) in [4.78, 5) is 15.8. The number of hydrogen-bond donors (Lipinski definition) is 0. The zero-order chi connectivity index (χ0) is 13.2. The fourth-order valence-electron chi connectivity index (χ4n) is 1.95. The number of benzene rings is 1. The van der Waals surface area contributed by atoms with Crippen LogP contribution in [0, 0.1) is 0 Å². The van der Waals surface area contributed by atoms with Crippen LogP contribution in [0.15, 0.2) is 48.9 Å². The van der Waals surface area contributed by atoms with E-state index in [1.54, 1.807) is 35.4 Å². The van der Waals surface area contributed by atoms with Crippen LogP contribution in [0.3, 0.4) is 0 Å². The van der Waals surface area contributed by atoms with Gasteiger partial charge in [-0.1, -0.05) is 6.07 Å². The highest BCUT2D eigenvalue weighted by Crippen LogP contribution is 2.20. The lowest BCUT2D eigenvalue weighted by molar-refractivity contribution is 0.0603. The standard InChI is InChI=1S/C14H11N3O2/c1-19-14(18)11-5-2-6-13-12(11)9-17(16-13)10-4-3-7-15-8-10/h2-9H,1H3. The number of hydrogen-bond acceptors (Lipinski definition) is 4. The summed E-state index contributed by atoms with van der Waals surface area (Å²) in [5.41, 5.74) is 2.09. The summed E-state index contributed by atoms with van der Waals surface area (Å²) in [6.07, 6.45) is 5.22. The second-order valence-corrected chi connectivity index (χ2v) is 4.01. The number of pyridine rings is 1. The van der Waals surface area contributed by atoms with Crippen LogP contribution in [0.5, 0.6) is 0 Å². The van der Waals surface area contributed by atoms with Crippen molar-refractivity contribution in [2.45, 2.75) is 0 Å². The van der Waals surface area contributed by atoms with Crippen LogP contribution in [-0.4, -0.2) is 27.8 Å². The number of carbonyl (C=O) groups is 1. The summed E-state index contributed by atoms with van der Waals surface area (Å²) in [5, 5.41) is 5.19. The molecule has 19 heavy (non-hydrogen) atoms. The van der Waals surface area contributed by atoms with Crippen molar-refractivity contribution < 1.29 is 9.53 Å². The number of nitrogens with zero attached hydrogens (tertiary/aromatic N) is 3. The largest absolute Gasteiger partial charge is 0.465 e. The lowest BCUT2D eigenvalue weighted by Gasteiger charge is -1.99. The molecule has 3 rings (SSSR count). The van der Waals surface area contributed by atoms with E-state index in [1.165, 1.54) is 7.11 Å². The molecule has 0 aliphatic heterocycles. The first-order valence-corrected chi connectivity index (χ1v) is 5.77. The van der Waals surface area contributed by atoms with Gasteiger partial charge in [0.25, 0.3) is 0 Å². The van der Waals surface area contributed by atoms with Crippen molar-refractivity contribution in [3.05, 3.63) is 54.5 Å².